The van der Waals surface area contributed by atoms with Crippen molar-refractivity contribution in [1.29, 1.82) is 0 Å². The number of hydrogen-bond donors (Lipinski definition) is 0. The lowest BCUT2D eigenvalue weighted by molar-refractivity contribution is -0.194. The van der Waals surface area contributed by atoms with Crippen molar-refractivity contribution in [3.05, 3.63) is 11.6 Å². The van der Waals surface area contributed by atoms with Gasteiger partial charge in [0.25, 0.3) is 0 Å². The summed E-state index contributed by atoms with van der Waals surface area (Å²) in [5.74, 6) is 0.899. The van der Waals surface area contributed by atoms with Gasteiger partial charge in [0.2, 0.25) is 0 Å². The summed E-state index contributed by atoms with van der Waals surface area (Å²) in [6, 6.07) is 0. The molecule has 1 spiro atoms. The number of fused-ring (bicyclic) bond motifs is 5. The zero-order chi connectivity index (χ0) is 21.4. The Balaban J connectivity index is 1.46. The van der Waals surface area contributed by atoms with Gasteiger partial charge in [-0.2, -0.15) is 0 Å². The number of ether oxygens (including phenoxy) is 3. The third-order valence-electron chi connectivity index (χ3n) is 9.93. The van der Waals surface area contributed by atoms with E-state index in [1.165, 1.54) is 12.5 Å². The lowest BCUT2D eigenvalue weighted by atomic mass is 9.46. The van der Waals surface area contributed by atoms with Crippen molar-refractivity contribution in [2.24, 2.45) is 28.6 Å². The van der Waals surface area contributed by atoms with Crippen molar-refractivity contribution in [2.45, 2.75) is 90.4 Å². The van der Waals surface area contributed by atoms with Crippen LogP contribution in [0.2, 0.25) is 0 Å². The number of rotatable bonds is 2. The smallest absolute Gasteiger partial charge is 0.303 e. The molecular formula is C25H36O5. The molecule has 0 radical (unpaired) electrons. The number of ketones is 1. The number of esters is 1. The maximum Gasteiger partial charge on any atom is 0.303 e. The van der Waals surface area contributed by atoms with Gasteiger partial charge in [0.1, 0.15) is 0 Å². The number of Topliss-reactive ketones (excluding diaryl/α,β-unsaturated/α-hetero) is 1. The van der Waals surface area contributed by atoms with Gasteiger partial charge in [-0.05, 0) is 68.6 Å². The Kier molecular flexibility index (Phi) is 4.59. The summed E-state index contributed by atoms with van der Waals surface area (Å²) in [4.78, 5) is 24.8. The molecule has 30 heavy (non-hydrogen) atoms. The third kappa shape index (κ3) is 2.60. The average Bonchev–Trinajstić information content (AvgIpc) is 3.25. The summed E-state index contributed by atoms with van der Waals surface area (Å²) in [5, 5.41) is 0. The molecule has 0 aromatic carbocycles. The highest BCUT2D eigenvalue weighted by Gasteiger charge is 2.68. The molecule has 0 N–H and O–H groups in total. The van der Waals surface area contributed by atoms with E-state index in [2.05, 4.69) is 19.9 Å². The molecule has 166 valence electrons. The molecule has 0 aromatic rings. The van der Waals surface area contributed by atoms with E-state index in [4.69, 9.17) is 14.2 Å². The number of carbonyl (C=O) groups is 2. The Morgan fingerprint density at radius 2 is 1.70 bits per heavy atom. The van der Waals surface area contributed by atoms with E-state index in [1.807, 2.05) is 0 Å². The van der Waals surface area contributed by atoms with E-state index >= 15 is 0 Å². The quantitative estimate of drug-likeness (QED) is 0.487. The van der Waals surface area contributed by atoms with Crippen molar-refractivity contribution >= 4 is 11.8 Å². The van der Waals surface area contributed by atoms with Crippen LogP contribution in [0, 0.1) is 28.6 Å². The summed E-state index contributed by atoms with van der Waals surface area (Å²) in [5.41, 5.74) is 0.507. The second kappa shape index (κ2) is 6.65. The third-order valence-corrected chi connectivity index (χ3v) is 9.93. The molecule has 1 saturated heterocycles. The van der Waals surface area contributed by atoms with Crippen LogP contribution in [0.5, 0.6) is 0 Å². The van der Waals surface area contributed by atoms with Crippen LogP contribution in [0.25, 0.3) is 0 Å². The zero-order valence-electron chi connectivity index (χ0n) is 18.9. The first-order valence-corrected chi connectivity index (χ1v) is 11.8. The lowest BCUT2D eigenvalue weighted by Gasteiger charge is -2.59. The van der Waals surface area contributed by atoms with Crippen molar-refractivity contribution in [2.75, 3.05) is 13.2 Å². The fraction of sp³-hybridized carbons (Fsp3) is 0.840. The van der Waals surface area contributed by atoms with E-state index < -0.39 is 5.60 Å². The van der Waals surface area contributed by atoms with Gasteiger partial charge >= 0.3 is 5.97 Å². The topological polar surface area (TPSA) is 61.8 Å². The van der Waals surface area contributed by atoms with Crippen LogP contribution in [-0.2, 0) is 23.8 Å². The summed E-state index contributed by atoms with van der Waals surface area (Å²) >= 11 is 0. The van der Waals surface area contributed by atoms with Crippen LogP contribution in [0.1, 0.15) is 79.1 Å². The highest BCUT2D eigenvalue weighted by atomic mass is 16.7. The fourth-order valence-corrected chi connectivity index (χ4v) is 8.41. The molecule has 0 unspecified atom stereocenters. The average molecular weight is 417 g/mol. The first-order chi connectivity index (χ1) is 14.2. The fourth-order valence-electron chi connectivity index (χ4n) is 8.41. The van der Waals surface area contributed by atoms with E-state index in [1.54, 1.807) is 6.92 Å². The van der Waals surface area contributed by atoms with E-state index in [0.29, 0.717) is 37.4 Å². The minimum Gasteiger partial charge on any atom is -0.451 e. The largest absolute Gasteiger partial charge is 0.451 e. The molecule has 5 heteroatoms. The maximum absolute atomic E-state index is 12.8. The van der Waals surface area contributed by atoms with Crippen LogP contribution in [0.4, 0.5) is 0 Å². The molecule has 3 saturated carbocycles. The van der Waals surface area contributed by atoms with Crippen molar-refractivity contribution in [3.8, 4) is 0 Å². The van der Waals surface area contributed by atoms with Crippen LogP contribution >= 0.6 is 0 Å². The van der Waals surface area contributed by atoms with Crippen LogP contribution in [0.3, 0.4) is 0 Å². The van der Waals surface area contributed by atoms with Gasteiger partial charge in [0, 0.05) is 25.2 Å². The standard InChI is InChI=1S/C25H36O5/c1-16(26)25(30-17(2)27)10-8-21-19-6-5-18-15-24(28-13-14-29-24)12-11-22(18,3)20(19)7-9-23(21,25)4/h5,19-21H,6-15H2,1-4H3/t19-,20+,21+,22+,23-,25+/m0/s1. The van der Waals surface area contributed by atoms with Crippen LogP contribution in [-0.4, -0.2) is 36.4 Å². The zero-order valence-corrected chi connectivity index (χ0v) is 18.9. The molecule has 1 heterocycles. The second-order valence-electron chi connectivity index (χ2n) is 11.0. The number of hydrogen-bond acceptors (Lipinski definition) is 5. The molecule has 0 amide bonds. The van der Waals surface area contributed by atoms with Gasteiger partial charge in [0.05, 0.1) is 13.2 Å². The maximum atomic E-state index is 12.8. The Morgan fingerprint density at radius 1 is 1.00 bits per heavy atom. The summed E-state index contributed by atoms with van der Waals surface area (Å²) in [7, 11) is 0. The van der Waals surface area contributed by atoms with Crippen molar-refractivity contribution in [3.63, 3.8) is 0 Å². The van der Waals surface area contributed by atoms with Crippen molar-refractivity contribution < 1.29 is 23.8 Å². The number of carbonyl (C=O) groups excluding carboxylic acids is 2. The molecule has 4 fully saturated rings. The van der Waals surface area contributed by atoms with E-state index in [9.17, 15) is 9.59 Å². The predicted molar refractivity (Wildman–Crippen MR) is 112 cm³/mol. The minimum atomic E-state index is -0.943. The Morgan fingerprint density at radius 3 is 2.37 bits per heavy atom. The second-order valence-corrected chi connectivity index (χ2v) is 11.0. The van der Waals surface area contributed by atoms with Gasteiger partial charge < -0.3 is 14.2 Å². The highest BCUT2D eigenvalue weighted by Crippen LogP contribution is 2.68. The van der Waals surface area contributed by atoms with Crippen LogP contribution < -0.4 is 0 Å². The first kappa shape index (κ1) is 20.7. The molecule has 4 aliphatic carbocycles. The van der Waals surface area contributed by atoms with E-state index in [-0.39, 0.29) is 28.4 Å². The van der Waals surface area contributed by atoms with Gasteiger partial charge in [-0.25, -0.2) is 0 Å². The molecule has 5 aliphatic rings. The number of allylic oxidation sites excluding steroid dienone is 1. The first-order valence-electron chi connectivity index (χ1n) is 11.8. The normalized spacial score (nSPS) is 46.5. The molecule has 0 bridgehead atoms. The van der Waals surface area contributed by atoms with Gasteiger partial charge in [0.15, 0.2) is 17.2 Å². The lowest BCUT2D eigenvalue weighted by Crippen LogP contribution is -2.58. The van der Waals surface area contributed by atoms with E-state index in [0.717, 1.165) is 44.9 Å². The minimum absolute atomic E-state index is 0.0227. The molecular weight excluding hydrogens is 380 g/mol. The molecule has 0 aromatic heterocycles. The van der Waals surface area contributed by atoms with Crippen molar-refractivity contribution in [1.82, 2.24) is 0 Å². The van der Waals surface area contributed by atoms with Gasteiger partial charge in [-0.1, -0.05) is 25.5 Å². The SMILES string of the molecule is CC(=O)O[C@@]1(C(C)=O)CC[C@@H]2[C@H]3CC=C4CC5(CC[C@@]4(C)[C@@H]3CC[C@@]21C)OCCO5. The Hall–Kier alpha value is -1.20. The summed E-state index contributed by atoms with van der Waals surface area (Å²) in [6.07, 6.45) is 10.2. The molecule has 5 rings (SSSR count). The molecule has 6 atom stereocenters. The predicted octanol–water partition coefficient (Wildman–Crippen LogP) is 4.58. The van der Waals surface area contributed by atoms with Crippen LogP contribution in [0.15, 0.2) is 11.6 Å². The summed E-state index contributed by atoms with van der Waals surface area (Å²) < 4.78 is 17.9. The van der Waals surface area contributed by atoms with Gasteiger partial charge in [-0.15, -0.1) is 0 Å². The monoisotopic (exact) mass is 416 g/mol. The highest BCUT2D eigenvalue weighted by molar-refractivity contribution is 5.89. The molecule has 5 nitrogen and oxygen atoms in total. The van der Waals surface area contributed by atoms with Gasteiger partial charge in [-0.3, -0.25) is 9.59 Å². The summed E-state index contributed by atoms with van der Waals surface area (Å²) in [6.45, 7) is 9.15. The Labute approximate surface area is 179 Å². The Bertz CT molecular complexity index is 795. The molecule has 1 aliphatic heterocycles.